The summed E-state index contributed by atoms with van der Waals surface area (Å²) in [6, 6.07) is 3.49. The Balaban J connectivity index is 2.45. The Morgan fingerprint density at radius 1 is 1.69 bits per heavy atom. The second-order valence-corrected chi connectivity index (χ2v) is 3.66. The fraction of sp³-hybridized carbons (Fsp3) is 0.455. The highest BCUT2D eigenvalue weighted by atomic mass is 16.5. The zero-order valence-electron chi connectivity index (χ0n) is 9.56. The number of amides is 1. The lowest BCUT2D eigenvalue weighted by Gasteiger charge is -2.07. The van der Waals surface area contributed by atoms with Crippen molar-refractivity contribution in [3.8, 4) is 5.88 Å². The van der Waals surface area contributed by atoms with Crippen LogP contribution in [0.2, 0.25) is 0 Å². The molecule has 0 aliphatic heterocycles. The zero-order valence-corrected chi connectivity index (χ0v) is 9.56. The molecule has 0 bridgehead atoms. The number of rotatable bonds is 5. The maximum Gasteiger partial charge on any atom is 0.221 e. The van der Waals surface area contributed by atoms with Gasteiger partial charge >= 0.3 is 0 Å². The molecule has 0 fully saturated rings. The van der Waals surface area contributed by atoms with Gasteiger partial charge in [0, 0.05) is 31.3 Å². The van der Waals surface area contributed by atoms with Gasteiger partial charge in [0.15, 0.2) is 0 Å². The number of ether oxygens (including phenoxy) is 1. The molecule has 1 heterocycles. The summed E-state index contributed by atoms with van der Waals surface area (Å²) in [5.41, 5.74) is 6.47. The Hall–Kier alpha value is -1.62. The fourth-order valence-electron chi connectivity index (χ4n) is 1.24. The number of pyridine rings is 1. The van der Waals surface area contributed by atoms with E-state index in [9.17, 15) is 4.79 Å². The summed E-state index contributed by atoms with van der Waals surface area (Å²) in [6.07, 6.45) is 1.98. The lowest BCUT2D eigenvalue weighted by atomic mass is 10.2. The molecule has 1 unspecified atom stereocenters. The van der Waals surface area contributed by atoms with Crippen molar-refractivity contribution in [2.45, 2.75) is 25.9 Å². The molecule has 0 saturated heterocycles. The molecule has 1 aromatic heterocycles. The van der Waals surface area contributed by atoms with Crippen molar-refractivity contribution < 1.29 is 9.53 Å². The highest BCUT2D eigenvalue weighted by Gasteiger charge is 2.04. The third-order valence-electron chi connectivity index (χ3n) is 2.01. The van der Waals surface area contributed by atoms with Gasteiger partial charge in [-0.05, 0) is 18.6 Å². The van der Waals surface area contributed by atoms with Crippen LogP contribution in [-0.2, 0) is 11.3 Å². The first-order valence-electron chi connectivity index (χ1n) is 5.13. The highest BCUT2D eigenvalue weighted by Crippen LogP contribution is 2.07. The van der Waals surface area contributed by atoms with Gasteiger partial charge in [-0.15, -0.1) is 0 Å². The normalized spacial score (nSPS) is 11.9. The number of methoxy groups -OCH3 is 1. The first-order chi connectivity index (χ1) is 7.61. The molecule has 0 aliphatic carbocycles. The van der Waals surface area contributed by atoms with Gasteiger partial charge in [-0.25, -0.2) is 4.98 Å². The Kier molecular flexibility index (Phi) is 4.72. The molecule has 0 spiro atoms. The van der Waals surface area contributed by atoms with Crippen molar-refractivity contribution in [2.24, 2.45) is 5.73 Å². The van der Waals surface area contributed by atoms with Gasteiger partial charge in [0.1, 0.15) is 0 Å². The minimum atomic E-state index is -0.119. The van der Waals surface area contributed by atoms with Crippen LogP contribution in [0, 0.1) is 0 Å². The molecular formula is C11H17N3O2. The van der Waals surface area contributed by atoms with E-state index in [-0.39, 0.29) is 11.9 Å². The largest absolute Gasteiger partial charge is 0.481 e. The molecular weight excluding hydrogens is 206 g/mol. The van der Waals surface area contributed by atoms with Crippen LogP contribution in [0.3, 0.4) is 0 Å². The second-order valence-electron chi connectivity index (χ2n) is 3.66. The van der Waals surface area contributed by atoms with Crippen LogP contribution in [0.15, 0.2) is 18.3 Å². The summed E-state index contributed by atoms with van der Waals surface area (Å²) in [7, 11) is 1.56. The van der Waals surface area contributed by atoms with Gasteiger partial charge < -0.3 is 15.8 Å². The number of nitrogens with one attached hydrogen (secondary N) is 1. The predicted octanol–water partition coefficient (Wildman–Crippen LogP) is 0.444. The number of carbonyl (C=O) groups excluding carboxylic acids is 1. The van der Waals surface area contributed by atoms with Crippen molar-refractivity contribution in [1.82, 2.24) is 10.3 Å². The SMILES string of the molecule is COc1cc(CNC(=O)CC(C)N)ccn1. The van der Waals surface area contributed by atoms with Crippen LogP contribution in [-0.4, -0.2) is 24.0 Å². The van der Waals surface area contributed by atoms with Crippen molar-refractivity contribution in [3.63, 3.8) is 0 Å². The van der Waals surface area contributed by atoms with Crippen LogP contribution in [0.4, 0.5) is 0 Å². The first-order valence-corrected chi connectivity index (χ1v) is 5.13. The van der Waals surface area contributed by atoms with Crippen molar-refractivity contribution >= 4 is 5.91 Å². The van der Waals surface area contributed by atoms with E-state index in [4.69, 9.17) is 10.5 Å². The monoisotopic (exact) mass is 223 g/mol. The van der Waals surface area contributed by atoms with Crippen molar-refractivity contribution in [1.29, 1.82) is 0 Å². The number of hydrogen-bond acceptors (Lipinski definition) is 4. The van der Waals surface area contributed by atoms with Gasteiger partial charge in [-0.2, -0.15) is 0 Å². The summed E-state index contributed by atoms with van der Waals surface area (Å²) in [4.78, 5) is 15.3. The molecule has 16 heavy (non-hydrogen) atoms. The van der Waals surface area contributed by atoms with Gasteiger partial charge in [0.25, 0.3) is 0 Å². The maximum absolute atomic E-state index is 11.3. The predicted molar refractivity (Wildman–Crippen MR) is 60.9 cm³/mol. The summed E-state index contributed by atoms with van der Waals surface area (Å²) in [6.45, 7) is 2.26. The second kappa shape index (κ2) is 6.07. The lowest BCUT2D eigenvalue weighted by Crippen LogP contribution is -2.29. The Bertz CT molecular complexity index is 353. The van der Waals surface area contributed by atoms with E-state index in [2.05, 4.69) is 10.3 Å². The van der Waals surface area contributed by atoms with Crippen molar-refractivity contribution in [3.05, 3.63) is 23.9 Å². The number of nitrogens with zero attached hydrogens (tertiary/aromatic N) is 1. The van der Waals surface area contributed by atoms with Gasteiger partial charge in [-0.3, -0.25) is 4.79 Å². The van der Waals surface area contributed by atoms with Gasteiger partial charge in [0.05, 0.1) is 7.11 Å². The van der Waals surface area contributed by atoms with E-state index in [1.54, 1.807) is 26.3 Å². The molecule has 3 N–H and O–H groups in total. The Morgan fingerprint density at radius 2 is 2.44 bits per heavy atom. The average Bonchev–Trinajstić information content (AvgIpc) is 2.26. The van der Waals surface area contributed by atoms with Gasteiger partial charge in [-0.1, -0.05) is 0 Å². The lowest BCUT2D eigenvalue weighted by molar-refractivity contribution is -0.121. The smallest absolute Gasteiger partial charge is 0.221 e. The molecule has 1 atom stereocenters. The third-order valence-corrected chi connectivity index (χ3v) is 2.01. The van der Waals surface area contributed by atoms with E-state index in [1.165, 1.54) is 0 Å². The summed E-state index contributed by atoms with van der Waals surface area (Å²) >= 11 is 0. The Morgan fingerprint density at radius 3 is 3.06 bits per heavy atom. The van der Waals surface area contributed by atoms with Crippen LogP contribution in [0.5, 0.6) is 5.88 Å². The van der Waals surface area contributed by atoms with E-state index in [0.717, 1.165) is 5.56 Å². The summed E-state index contributed by atoms with van der Waals surface area (Å²) in [5.74, 6) is 0.490. The molecule has 1 aromatic rings. The molecule has 88 valence electrons. The zero-order chi connectivity index (χ0) is 12.0. The van der Waals surface area contributed by atoms with Crippen LogP contribution in [0.25, 0.3) is 0 Å². The van der Waals surface area contributed by atoms with E-state index in [0.29, 0.717) is 18.8 Å². The highest BCUT2D eigenvalue weighted by molar-refractivity contribution is 5.76. The topological polar surface area (TPSA) is 77.2 Å². The van der Waals surface area contributed by atoms with Crippen LogP contribution >= 0.6 is 0 Å². The van der Waals surface area contributed by atoms with E-state index < -0.39 is 0 Å². The summed E-state index contributed by atoms with van der Waals surface area (Å²) < 4.78 is 4.98. The number of hydrogen-bond donors (Lipinski definition) is 2. The minimum absolute atomic E-state index is 0.0502. The first kappa shape index (κ1) is 12.4. The summed E-state index contributed by atoms with van der Waals surface area (Å²) in [5, 5.41) is 2.78. The maximum atomic E-state index is 11.3. The molecule has 5 nitrogen and oxygen atoms in total. The Labute approximate surface area is 95.0 Å². The number of nitrogens with two attached hydrogens (primary N) is 1. The number of carbonyl (C=O) groups is 1. The van der Waals surface area contributed by atoms with Gasteiger partial charge in [0.2, 0.25) is 11.8 Å². The average molecular weight is 223 g/mol. The molecule has 0 saturated carbocycles. The minimum Gasteiger partial charge on any atom is -0.481 e. The van der Waals surface area contributed by atoms with E-state index >= 15 is 0 Å². The molecule has 5 heteroatoms. The fourth-order valence-corrected chi connectivity index (χ4v) is 1.24. The molecule has 0 aromatic carbocycles. The quantitative estimate of drug-likeness (QED) is 0.759. The molecule has 1 amide bonds. The number of aromatic nitrogens is 1. The molecule has 1 rings (SSSR count). The van der Waals surface area contributed by atoms with Crippen LogP contribution < -0.4 is 15.8 Å². The molecule has 0 aliphatic rings. The standard InChI is InChI=1S/C11H17N3O2/c1-8(12)5-10(15)14-7-9-3-4-13-11(6-9)16-2/h3-4,6,8H,5,7,12H2,1-2H3,(H,14,15). The van der Waals surface area contributed by atoms with E-state index in [1.807, 2.05) is 6.07 Å². The van der Waals surface area contributed by atoms with Crippen molar-refractivity contribution in [2.75, 3.05) is 7.11 Å². The molecule has 0 radical (unpaired) electrons. The van der Waals surface area contributed by atoms with Crippen LogP contribution in [0.1, 0.15) is 18.9 Å². The third kappa shape index (κ3) is 4.27.